The van der Waals surface area contributed by atoms with E-state index in [9.17, 15) is 0 Å². The maximum absolute atomic E-state index is 8.84. The van der Waals surface area contributed by atoms with Crippen LogP contribution in [0.5, 0.6) is 0 Å². The van der Waals surface area contributed by atoms with E-state index in [1.165, 1.54) is 11.3 Å². The molecule has 0 heterocycles. The minimum atomic E-state index is 0.209. The first-order valence-electron chi connectivity index (χ1n) is 5.19. The zero-order chi connectivity index (χ0) is 11.3. The van der Waals surface area contributed by atoms with Crippen molar-refractivity contribution in [2.45, 2.75) is 6.54 Å². The Morgan fingerprint density at radius 3 is 2.40 bits per heavy atom. The maximum Gasteiger partial charge on any atom is 0.0558 e. The van der Waals surface area contributed by atoms with Crippen LogP contribution in [-0.4, -0.2) is 44.3 Å². The van der Waals surface area contributed by atoms with Gasteiger partial charge in [0.2, 0.25) is 0 Å². The average molecular weight is 208 g/mol. The summed E-state index contributed by atoms with van der Waals surface area (Å²) < 4.78 is 0. The van der Waals surface area contributed by atoms with Gasteiger partial charge in [-0.15, -0.1) is 0 Å². The van der Waals surface area contributed by atoms with Crippen molar-refractivity contribution in [3.63, 3.8) is 0 Å². The topological polar surface area (TPSA) is 26.7 Å². The molecule has 0 aliphatic rings. The SMILES string of the molecule is CN(CCO)Cc1ccccc1N(C)C. The van der Waals surface area contributed by atoms with E-state index in [2.05, 4.69) is 28.0 Å². The van der Waals surface area contributed by atoms with Gasteiger partial charge in [-0.05, 0) is 18.7 Å². The Hall–Kier alpha value is -1.06. The summed E-state index contributed by atoms with van der Waals surface area (Å²) in [7, 11) is 6.11. The van der Waals surface area contributed by atoms with Gasteiger partial charge in [0.15, 0.2) is 0 Å². The van der Waals surface area contributed by atoms with E-state index in [4.69, 9.17) is 5.11 Å². The lowest BCUT2D eigenvalue weighted by Crippen LogP contribution is -2.23. The Balaban J connectivity index is 2.75. The molecule has 3 nitrogen and oxygen atoms in total. The minimum absolute atomic E-state index is 0.209. The molecule has 0 atom stereocenters. The van der Waals surface area contributed by atoms with Crippen LogP contribution >= 0.6 is 0 Å². The zero-order valence-corrected chi connectivity index (χ0v) is 9.77. The van der Waals surface area contributed by atoms with Gasteiger partial charge in [-0.3, -0.25) is 4.90 Å². The fourth-order valence-electron chi connectivity index (χ4n) is 1.62. The molecule has 0 aromatic heterocycles. The molecule has 15 heavy (non-hydrogen) atoms. The highest BCUT2D eigenvalue weighted by atomic mass is 16.3. The molecule has 0 fully saturated rings. The number of hydrogen-bond donors (Lipinski definition) is 1. The van der Waals surface area contributed by atoms with Crippen molar-refractivity contribution in [3.05, 3.63) is 29.8 Å². The van der Waals surface area contributed by atoms with Crippen LogP contribution in [0.15, 0.2) is 24.3 Å². The fourth-order valence-corrected chi connectivity index (χ4v) is 1.62. The van der Waals surface area contributed by atoms with Crippen molar-refractivity contribution in [2.24, 2.45) is 0 Å². The highest BCUT2D eigenvalue weighted by Gasteiger charge is 2.05. The summed E-state index contributed by atoms with van der Waals surface area (Å²) in [6.45, 7) is 1.79. The largest absolute Gasteiger partial charge is 0.395 e. The molecule has 0 radical (unpaired) electrons. The van der Waals surface area contributed by atoms with Gasteiger partial charge in [0.1, 0.15) is 0 Å². The van der Waals surface area contributed by atoms with Gasteiger partial charge in [-0.2, -0.15) is 0 Å². The smallest absolute Gasteiger partial charge is 0.0558 e. The van der Waals surface area contributed by atoms with Gasteiger partial charge in [0, 0.05) is 32.9 Å². The monoisotopic (exact) mass is 208 g/mol. The molecule has 0 unspecified atom stereocenters. The van der Waals surface area contributed by atoms with Gasteiger partial charge < -0.3 is 10.0 Å². The molecular formula is C12H20N2O. The second-order valence-electron chi connectivity index (χ2n) is 3.98. The van der Waals surface area contributed by atoms with E-state index in [1.54, 1.807) is 0 Å². The number of aliphatic hydroxyl groups excluding tert-OH is 1. The van der Waals surface area contributed by atoms with Gasteiger partial charge in [0.25, 0.3) is 0 Å². The number of benzene rings is 1. The molecule has 1 N–H and O–H groups in total. The molecule has 0 amide bonds. The van der Waals surface area contributed by atoms with Crippen LogP contribution in [0.3, 0.4) is 0 Å². The highest BCUT2D eigenvalue weighted by Crippen LogP contribution is 2.18. The average Bonchev–Trinajstić information content (AvgIpc) is 2.18. The first-order chi connectivity index (χ1) is 7.15. The summed E-state index contributed by atoms with van der Waals surface area (Å²) in [6.07, 6.45) is 0. The van der Waals surface area contributed by atoms with Crippen LogP contribution < -0.4 is 4.90 Å². The van der Waals surface area contributed by atoms with E-state index >= 15 is 0 Å². The second kappa shape index (κ2) is 5.73. The predicted molar refractivity (Wildman–Crippen MR) is 64.2 cm³/mol. The molecule has 84 valence electrons. The highest BCUT2D eigenvalue weighted by molar-refractivity contribution is 5.52. The van der Waals surface area contributed by atoms with Crippen LogP contribution in [0, 0.1) is 0 Å². The summed E-state index contributed by atoms with van der Waals surface area (Å²) >= 11 is 0. The number of hydrogen-bond acceptors (Lipinski definition) is 3. The number of nitrogens with zero attached hydrogens (tertiary/aromatic N) is 2. The Kier molecular flexibility index (Phi) is 4.59. The van der Waals surface area contributed by atoms with E-state index in [0.29, 0.717) is 6.54 Å². The molecule has 0 spiro atoms. The fraction of sp³-hybridized carbons (Fsp3) is 0.500. The number of rotatable bonds is 5. The van der Waals surface area contributed by atoms with Crippen molar-refractivity contribution in [2.75, 3.05) is 39.2 Å². The second-order valence-corrected chi connectivity index (χ2v) is 3.98. The van der Waals surface area contributed by atoms with E-state index in [0.717, 1.165) is 6.54 Å². The number of para-hydroxylation sites is 1. The van der Waals surface area contributed by atoms with Gasteiger partial charge in [0.05, 0.1) is 6.61 Å². The van der Waals surface area contributed by atoms with Crippen molar-refractivity contribution >= 4 is 5.69 Å². The quantitative estimate of drug-likeness (QED) is 0.787. The summed E-state index contributed by atoms with van der Waals surface area (Å²) in [5.41, 5.74) is 2.53. The Bertz CT molecular complexity index is 299. The van der Waals surface area contributed by atoms with Gasteiger partial charge >= 0.3 is 0 Å². The minimum Gasteiger partial charge on any atom is -0.395 e. The molecule has 1 rings (SSSR count). The van der Waals surface area contributed by atoms with Crippen molar-refractivity contribution in [1.82, 2.24) is 4.90 Å². The number of likely N-dealkylation sites (N-methyl/N-ethyl adjacent to an activating group) is 1. The van der Waals surface area contributed by atoms with Crippen LogP contribution in [0.25, 0.3) is 0 Å². The lowest BCUT2D eigenvalue weighted by Gasteiger charge is -2.21. The molecule has 3 heteroatoms. The third-order valence-corrected chi connectivity index (χ3v) is 2.40. The van der Waals surface area contributed by atoms with Crippen molar-refractivity contribution in [1.29, 1.82) is 0 Å². The summed E-state index contributed by atoms with van der Waals surface area (Å²) in [5.74, 6) is 0. The summed E-state index contributed by atoms with van der Waals surface area (Å²) in [6, 6.07) is 8.34. The Labute approximate surface area is 91.9 Å². The van der Waals surface area contributed by atoms with Crippen LogP contribution in [0.2, 0.25) is 0 Å². The first-order valence-corrected chi connectivity index (χ1v) is 5.19. The number of anilines is 1. The van der Waals surface area contributed by atoms with E-state index in [-0.39, 0.29) is 6.61 Å². The summed E-state index contributed by atoms with van der Waals surface area (Å²) in [4.78, 5) is 4.23. The maximum atomic E-state index is 8.84. The van der Waals surface area contributed by atoms with Crippen molar-refractivity contribution in [3.8, 4) is 0 Å². The molecule has 0 aliphatic heterocycles. The normalized spacial score (nSPS) is 10.7. The van der Waals surface area contributed by atoms with Crippen molar-refractivity contribution < 1.29 is 5.11 Å². The molecule has 1 aromatic carbocycles. The molecular weight excluding hydrogens is 188 g/mol. The van der Waals surface area contributed by atoms with E-state index < -0.39 is 0 Å². The lowest BCUT2D eigenvalue weighted by atomic mass is 10.1. The Morgan fingerprint density at radius 2 is 1.80 bits per heavy atom. The zero-order valence-electron chi connectivity index (χ0n) is 9.77. The summed E-state index contributed by atoms with van der Waals surface area (Å²) in [5, 5.41) is 8.84. The molecule has 0 saturated heterocycles. The Morgan fingerprint density at radius 1 is 1.13 bits per heavy atom. The molecule has 1 aromatic rings. The first kappa shape index (κ1) is 12.0. The lowest BCUT2D eigenvalue weighted by molar-refractivity contribution is 0.217. The third-order valence-electron chi connectivity index (χ3n) is 2.40. The third kappa shape index (κ3) is 3.53. The molecule has 0 saturated carbocycles. The van der Waals surface area contributed by atoms with Gasteiger partial charge in [-0.25, -0.2) is 0 Å². The van der Waals surface area contributed by atoms with Gasteiger partial charge in [-0.1, -0.05) is 18.2 Å². The van der Waals surface area contributed by atoms with Crippen LogP contribution in [0.4, 0.5) is 5.69 Å². The standard InChI is InChI=1S/C12H20N2O/c1-13(2)12-7-5-4-6-11(12)10-14(3)8-9-15/h4-7,15H,8-10H2,1-3H3. The molecule has 0 bridgehead atoms. The molecule has 0 aliphatic carbocycles. The van der Waals surface area contributed by atoms with Crippen LogP contribution in [-0.2, 0) is 6.54 Å². The number of aliphatic hydroxyl groups is 1. The van der Waals surface area contributed by atoms with E-state index in [1.807, 2.05) is 27.2 Å². The van der Waals surface area contributed by atoms with Crippen LogP contribution in [0.1, 0.15) is 5.56 Å². The predicted octanol–water partition coefficient (Wildman–Crippen LogP) is 1.18.